The molecule has 1 heterocycles. The molecule has 0 saturated carbocycles. The predicted molar refractivity (Wildman–Crippen MR) is 105 cm³/mol. The molecule has 1 aromatic heterocycles. The number of aromatic nitrogens is 1. The highest BCUT2D eigenvalue weighted by Crippen LogP contribution is 2.32. The predicted octanol–water partition coefficient (Wildman–Crippen LogP) is 3.50. The Kier molecular flexibility index (Phi) is 5.33. The topological polar surface area (TPSA) is 77.4 Å². The van der Waals surface area contributed by atoms with Gasteiger partial charge in [-0.15, -0.1) is 0 Å². The zero-order valence-electron chi connectivity index (χ0n) is 16.3. The van der Waals surface area contributed by atoms with Gasteiger partial charge in [-0.25, -0.2) is 13.2 Å². The van der Waals surface area contributed by atoms with E-state index >= 15 is 0 Å². The van der Waals surface area contributed by atoms with Gasteiger partial charge in [0.15, 0.2) is 0 Å². The Morgan fingerprint density at radius 2 is 1.89 bits per heavy atom. The van der Waals surface area contributed by atoms with Gasteiger partial charge < -0.3 is 9.30 Å². The number of fused-ring (bicyclic) bond motifs is 1. The van der Waals surface area contributed by atoms with Gasteiger partial charge in [0.1, 0.15) is 10.5 Å². The van der Waals surface area contributed by atoms with Crippen LogP contribution in [0.3, 0.4) is 0 Å². The molecule has 0 aliphatic heterocycles. The molecule has 27 heavy (non-hydrogen) atoms. The molecule has 1 N–H and O–H groups in total. The molecule has 0 spiro atoms. The third-order valence-electron chi connectivity index (χ3n) is 5.31. The van der Waals surface area contributed by atoms with Crippen molar-refractivity contribution in [1.29, 1.82) is 0 Å². The average Bonchev–Trinajstić information content (AvgIpc) is 2.87. The summed E-state index contributed by atoms with van der Waals surface area (Å²) in [5, 5.41) is 0. The molecule has 0 radical (unpaired) electrons. The second-order valence-corrected chi connectivity index (χ2v) is 8.53. The maximum Gasteiger partial charge on any atom is 0.341 e. The number of sulfonamides is 1. The van der Waals surface area contributed by atoms with Crippen LogP contribution in [0, 0.1) is 13.8 Å². The Balaban J connectivity index is 2.09. The van der Waals surface area contributed by atoms with Crippen molar-refractivity contribution < 1.29 is 17.9 Å². The number of rotatable bonds is 5. The molecule has 0 amide bonds. The highest BCUT2D eigenvalue weighted by Gasteiger charge is 2.32. The van der Waals surface area contributed by atoms with Crippen LogP contribution in [-0.2, 0) is 34.6 Å². The number of nitrogens with one attached hydrogen (secondary N) is 1. The molecule has 0 atom stereocenters. The molecule has 3 rings (SSSR count). The number of nitrogens with zero attached hydrogens (tertiary/aromatic N) is 1. The van der Waals surface area contributed by atoms with Crippen molar-refractivity contribution in [3.8, 4) is 0 Å². The van der Waals surface area contributed by atoms with E-state index in [1.54, 1.807) is 38.5 Å². The van der Waals surface area contributed by atoms with Crippen molar-refractivity contribution in [2.24, 2.45) is 7.05 Å². The molecule has 6 nitrogen and oxygen atoms in total. The number of aryl methyl sites for hydroxylation is 1. The van der Waals surface area contributed by atoms with Gasteiger partial charge in [0.2, 0.25) is 0 Å². The van der Waals surface area contributed by atoms with Gasteiger partial charge >= 0.3 is 5.97 Å². The highest BCUT2D eigenvalue weighted by atomic mass is 32.2. The van der Waals surface area contributed by atoms with Crippen molar-refractivity contribution in [1.82, 2.24) is 4.57 Å². The van der Waals surface area contributed by atoms with E-state index in [4.69, 9.17) is 4.74 Å². The highest BCUT2D eigenvalue weighted by molar-refractivity contribution is 7.92. The lowest BCUT2D eigenvalue weighted by molar-refractivity contribution is 0.0521. The molecule has 1 aliphatic carbocycles. The second kappa shape index (κ2) is 7.38. The van der Waals surface area contributed by atoms with Crippen LogP contribution in [0.4, 0.5) is 5.69 Å². The number of esters is 1. The van der Waals surface area contributed by atoms with Crippen LogP contribution in [0.2, 0.25) is 0 Å². The molecule has 0 saturated heterocycles. The number of carbonyl (C=O) groups is 1. The van der Waals surface area contributed by atoms with Gasteiger partial charge in [-0.2, -0.15) is 0 Å². The maximum absolute atomic E-state index is 13.3. The van der Waals surface area contributed by atoms with Crippen molar-refractivity contribution in [2.45, 2.75) is 51.3 Å². The standard InChI is InChI=1S/C20H26N2O4S/c1-5-26-20(23)18-13(2)22(4)14(3)19(18)27(24,25)21-17-12-8-10-15-9-6-7-11-16(15)17/h8,10,12,21H,5-7,9,11H2,1-4H3. The number of hydrogen-bond acceptors (Lipinski definition) is 4. The number of ether oxygens (including phenoxy) is 1. The van der Waals surface area contributed by atoms with E-state index in [0.717, 1.165) is 31.2 Å². The van der Waals surface area contributed by atoms with Crippen LogP contribution in [-0.4, -0.2) is 25.6 Å². The summed E-state index contributed by atoms with van der Waals surface area (Å²) in [6, 6.07) is 5.71. The summed E-state index contributed by atoms with van der Waals surface area (Å²) in [4.78, 5) is 12.5. The van der Waals surface area contributed by atoms with Crippen LogP contribution < -0.4 is 4.72 Å². The van der Waals surface area contributed by atoms with E-state index in [0.29, 0.717) is 17.1 Å². The van der Waals surface area contributed by atoms with E-state index in [1.807, 2.05) is 12.1 Å². The van der Waals surface area contributed by atoms with E-state index < -0.39 is 16.0 Å². The zero-order valence-corrected chi connectivity index (χ0v) is 17.1. The Bertz CT molecular complexity index is 990. The van der Waals surface area contributed by atoms with Crippen LogP contribution in [0.1, 0.15) is 52.6 Å². The average molecular weight is 391 g/mol. The lowest BCUT2D eigenvalue weighted by atomic mass is 9.91. The second-order valence-electron chi connectivity index (χ2n) is 6.91. The molecule has 146 valence electrons. The summed E-state index contributed by atoms with van der Waals surface area (Å²) in [5.41, 5.74) is 4.02. The largest absolute Gasteiger partial charge is 0.462 e. The monoisotopic (exact) mass is 390 g/mol. The quantitative estimate of drug-likeness (QED) is 0.793. The minimum absolute atomic E-state index is 0.00522. The first-order chi connectivity index (χ1) is 12.8. The summed E-state index contributed by atoms with van der Waals surface area (Å²) in [5.74, 6) is -0.617. The van der Waals surface area contributed by atoms with Crippen LogP contribution in [0.25, 0.3) is 0 Å². The summed E-state index contributed by atoms with van der Waals surface area (Å²) in [7, 11) is -2.20. The minimum Gasteiger partial charge on any atom is -0.462 e. The van der Waals surface area contributed by atoms with E-state index in [9.17, 15) is 13.2 Å². The SMILES string of the molecule is CCOC(=O)c1c(S(=O)(=O)Nc2cccc3c2CCCC3)c(C)n(C)c1C. The minimum atomic E-state index is -3.94. The fourth-order valence-corrected chi connectivity index (χ4v) is 5.37. The smallest absolute Gasteiger partial charge is 0.341 e. The number of anilines is 1. The molecule has 0 fully saturated rings. The number of hydrogen-bond donors (Lipinski definition) is 1. The summed E-state index contributed by atoms with van der Waals surface area (Å²) >= 11 is 0. The normalized spacial score (nSPS) is 13.9. The van der Waals surface area contributed by atoms with Gasteiger partial charge in [0, 0.05) is 18.4 Å². The molecular formula is C20H26N2O4S. The zero-order chi connectivity index (χ0) is 19.8. The molecule has 1 aromatic carbocycles. The van der Waals surface area contributed by atoms with Gasteiger partial charge in [0.25, 0.3) is 10.0 Å². The van der Waals surface area contributed by atoms with Crippen LogP contribution >= 0.6 is 0 Å². The molecular weight excluding hydrogens is 364 g/mol. The molecule has 1 aliphatic rings. The maximum atomic E-state index is 13.3. The van der Waals surface area contributed by atoms with Crippen molar-refractivity contribution in [3.63, 3.8) is 0 Å². The third-order valence-corrected chi connectivity index (χ3v) is 6.84. The molecule has 2 aromatic rings. The Labute approximate surface area is 160 Å². The molecule has 7 heteroatoms. The first kappa shape index (κ1) is 19.5. The Morgan fingerprint density at radius 1 is 1.19 bits per heavy atom. The van der Waals surface area contributed by atoms with E-state index in [-0.39, 0.29) is 17.1 Å². The summed E-state index contributed by atoms with van der Waals surface area (Å²) in [6.07, 6.45) is 3.98. The van der Waals surface area contributed by atoms with Crippen molar-refractivity contribution in [2.75, 3.05) is 11.3 Å². The summed E-state index contributed by atoms with van der Waals surface area (Å²) < 4.78 is 36.1. The fraction of sp³-hybridized carbons (Fsp3) is 0.450. The van der Waals surface area contributed by atoms with Gasteiger partial charge in [-0.1, -0.05) is 12.1 Å². The molecule has 0 bridgehead atoms. The number of benzene rings is 1. The first-order valence-corrected chi connectivity index (χ1v) is 10.7. The van der Waals surface area contributed by atoms with Crippen molar-refractivity contribution >= 4 is 21.7 Å². The van der Waals surface area contributed by atoms with Crippen molar-refractivity contribution in [3.05, 3.63) is 46.3 Å². The van der Waals surface area contributed by atoms with Gasteiger partial charge in [0.05, 0.1) is 12.3 Å². The van der Waals surface area contributed by atoms with Gasteiger partial charge in [-0.3, -0.25) is 4.72 Å². The van der Waals surface area contributed by atoms with Crippen LogP contribution in [0.15, 0.2) is 23.1 Å². The lowest BCUT2D eigenvalue weighted by Gasteiger charge is -2.20. The van der Waals surface area contributed by atoms with Gasteiger partial charge in [-0.05, 0) is 63.6 Å². The fourth-order valence-electron chi connectivity index (χ4n) is 3.76. The van der Waals surface area contributed by atoms with E-state index in [1.165, 1.54) is 5.56 Å². The van der Waals surface area contributed by atoms with E-state index in [2.05, 4.69) is 4.72 Å². The third kappa shape index (κ3) is 3.48. The lowest BCUT2D eigenvalue weighted by Crippen LogP contribution is -2.19. The molecule has 0 unspecified atom stereocenters. The number of carbonyl (C=O) groups excluding carboxylic acids is 1. The Morgan fingerprint density at radius 3 is 2.59 bits per heavy atom. The van der Waals surface area contributed by atoms with Crippen LogP contribution in [0.5, 0.6) is 0 Å². The Hall–Kier alpha value is -2.28. The first-order valence-electron chi connectivity index (χ1n) is 9.24. The summed E-state index contributed by atoms with van der Waals surface area (Å²) in [6.45, 7) is 5.31.